The number of nitrogens with zero attached hydrogens (tertiary/aromatic N) is 4. The van der Waals surface area contributed by atoms with Crippen molar-refractivity contribution in [1.29, 1.82) is 0 Å². The highest BCUT2D eigenvalue weighted by Crippen LogP contribution is 2.37. The van der Waals surface area contributed by atoms with Crippen molar-refractivity contribution >= 4 is 34.8 Å². The lowest BCUT2D eigenvalue weighted by atomic mass is 9.78. The molecule has 7 nitrogen and oxygen atoms in total. The van der Waals surface area contributed by atoms with Gasteiger partial charge in [0, 0.05) is 30.4 Å². The topological polar surface area (TPSA) is 70.6 Å². The van der Waals surface area contributed by atoms with Gasteiger partial charge in [-0.25, -0.2) is 9.37 Å². The summed E-state index contributed by atoms with van der Waals surface area (Å²) in [6, 6.07) is 10.5. The number of likely N-dealkylation sites (N-methyl/N-ethyl adjacent to an activating group) is 1. The van der Waals surface area contributed by atoms with Crippen molar-refractivity contribution in [2.45, 2.75) is 39.0 Å². The second-order valence-corrected chi connectivity index (χ2v) is 9.84. The number of ether oxygens (including phenoxy) is 1. The molecule has 0 fully saturated rings. The number of hydrogen-bond acceptors (Lipinski definition) is 6. The highest BCUT2D eigenvalue weighted by Gasteiger charge is 2.36. The van der Waals surface area contributed by atoms with Crippen molar-refractivity contribution in [2.75, 3.05) is 23.8 Å². The van der Waals surface area contributed by atoms with E-state index in [4.69, 9.17) is 16.3 Å². The van der Waals surface area contributed by atoms with Gasteiger partial charge < -0.3 is 15.0 Å². The molecule has 0 bridgehead atoms. The Hall–Kier alpha value is -3.23. The number of carbonyl (C=O) groups is 1. The summed E-state index contributed by atoms with van der Waals surface area (Å²) < 4.78 is 20.3. The van der Waals surface area contributed by atoms with E-state index >= 15 is 0 Å². The third kappa shape index (κ3) is 3.86. The quantitative estimate of drug-likeness (QED) is 0.560. The number of carbonyl (C=O) groups excluding carboxylic acids is 1. The van der Waals surface area contributed by atoms with E-state index in [0.29, 0.717) is 5.95 Å². The molecule has 5 rings (SSSR count). The molecule has 3 heterocycles. The summed E-state index contributed by atoms with van der Waals surface area (Å²) in [7, 11) is 2.12. The van der Waals surface area contributed by atoms with Crippen LogP contribution in [0.1, 0.15) is 42.3 Å². The fourth-order valence-electron chi connectivity index (χ4n) is 4.87. The monoisotopic (exact) mass is 481 g/mol. The summed E-state index contributed by atoms with van der Waals surface area (Å²) in [6.07, 6.45) is 0.578. The molecule has 1 atom stereocenters. The Kier molecular flexibility index (Phi) is 5.45. The Balaban J connectivity index is 1.43. The largest absolute Gasteiger partial charge is 0.453 e. The van der Waals surface area contributed by atoms with E-state index in [-0.39, 0.29) is 27.6 Å². The van der Waals surface area contributed by atoms with Crippen LogP contribution >= 0.6 is 11.6 Å². The molecular weight excluding hydrogens is 457 g/mol. The van der Waals surface area contributed by atoms with Crippen molar-refractivity contribution in [1.82, 2.24) is 14.9 Å². The van der Waals surface area contributed by atoms with Crippen LogP contribution in [0.5, 0.6) is 5.88 Å². The van der Waals surface area contributed by atoms with Crippen LogP contribution in [0.25, 0.3) is 0 Å². The Bertz CT molecular complexity index is 1280. The SMILES string of the molecule is CC1Oc2nc(Nc3ccc4c(c3)CN(C)CC4(C)C)ncc2C(=O)N1c1c(F)cccc1Cl. The Morgan fingerprint density at radius 1 is 1.26 bits per heavy atom. The number of anilines is 3. The molecule has 1 aromatic heterocycles. The van der Waals surface area contributed by atoms with Gasteiger partial charge in [0.25, 0.3) is 5.91 Å². The molecule has 9 heteroatoms. The number of halogens is 2. The van der Waals surface area contributed by atoms with E-state index in [2.05, 4.69) is 53.2 Å². The van der Waals surface area contributed by atoms with Crippen LogP contribution in [0.4, 0.5) is 21.7 Å². The zero-order chi connectivity index (χ0) is 24.2. The molecule has 0 radical (unpaired) electrons. The van der Waals surface area contributed by atoms with Gasteiger partial charge in [-0.05, 0) is 49.4 Å². The third-order valence-corrected chi connectivity index (χ3v) is 6.53. The fourth-order valence-corrected chi connectivity index (χ4v) is 5.13. The van der Waals surface area contributed by atoms with Crippen LogP contribution in [0.3, 0.4) is 0 Å². The van der Waals surface area contributed by atoms with E-state index < -0.39 is 18.0 Å². The summed E-state index contributed by atoms with van der Waals surface area (Å²) >= 11 is 6.18. The first-order valence-corrected chi connectivity index (χ1v) is 11.4. The number of nitrogens with one attached hydrogen (secondary N) is 1. The molecule has 34 heavy (non-hydrogen) atoms. The Morgan fingerprint density at radius 3 is 2.82 bits per heavy atom. The number of benzene rings is 2. The maximum absolute atomic E-state index is 14.5. The molecular formula is C25H25ClFN5O2. The fraction of sp³-hybridized carbons (Fsp3) is 0.320. The third-order valence-electron chi connectivity index (χ3n) is 6.22. The lowest BCUT2D eigenvalue weighted by Crippen LogP contribution is -2.47. The standard InChI is InChI=1S/C25H25ClFN5O2/c1-14-32(21-19(26)6-5-7-20(21)27)23(33)17-11-28-24(30-22(17)34-14)29-16-8-9-18-15(10-16)12-31(4)13-25(18,2)3/h5-11,14H,12-13H2,1-4H3,(H,28,29,30). The molecule has 2 aliphatic rings. The first-order chi connectivity index (χ1) is 16.1. The van der Waals surface area contributed by atoms with E-state index in [1.807, 2.05) is 6.07 Å². The molecule has 0 saturated heterocycles. The van der Waals surface area contributed by atoms with Crippen LogP contribution in [-0.4, -0.2) is 40.6 Å². The first-order valence-electron chi connectivity index (χ1n) is 11.0. The van der Waals surface area contributed by atoms with Crippen LogP contribution in [-0.2, 0) is 12.0 Å². The molecule has 0 saturated carbocycles. The summed E-state index contributed by atoms with van der Waals surface area (Å²) in [5.41, 5.74) is 3.60. The number of hydrogen-bond donors (Lipinski definition) is 1. The van der Waals surface area contributed by atoms with Gasteiger partial charge in [-0.3, -0.25) is 9.69 Å². The Morgan fingerprint density at radius 2 is 2.06 bits per heavy atom. The van der Waals surface area contributed by atoms with E-state index in [1.165, 1.54) is 40.4 Å². The van der Waals surface area contributed by atoms with Gasteiger partial charge in [0.2, 0.25) is 11.8 Å². The highest BCUT2D eigenvalue weighted by molar-refractivity contribution is 6.34. The smallest absolute Gasteiger partial charge is 0.268 e. The molecule has 3 aromatic rings. The second-order valence-electron chi connectivity index (χ2n) is 9.43. The maximum Gasteiger partial charge on any atom is 0.268 e. The summed E-state index contributed by atoms with van der Waals surface area (Å²) in [5, 5.41) is 3.33. The van der Waals surface area contributed by atoms with Gasteiger partial charge in [0.05, 0.1) is 5.02 Å². The molecule has 2 aromatic carbocycles. The number of rotatable bonds is 3. The van der Waals surface area contributed by atoms with Gasteiger partial charge >= 0.3 is 0 Å². The lowest BCUT2D eigenvalue weighted by Gasteiger charge is -2.38. The predicted molar refractivity (Wildman–Crippen MR) is 129 cm³/mol. The number of fused-ring (bicyclic) bond motifs is 2. The first kappa shape index (κ1) is 22.6. The van der Waals surface area contributed by atoms with E-state index in [9.17, 15) is 9.18 Å². The molecule has 1 amide bonds. The number of amides is 1. The van der Waals surface area contributed by atoms with E-state index in [0.717, 1.165) is 18.8 Å². The minimum Gasteiger partial charge on any atom is -0.453 e. The van der Waals surface area contributed by atoms with Crippen molar-refractivity contribution in [3.63, 3.8) is 0 Å². The van der Waals surface area contributed by atoms with Gasteiger partial charge in [-0.2, -0.15) is 4.98 Å². The van der Waals surface area contributed by atoms with Gasteiger partial charge in [-0.1, -0.05) is 37.6 Å². The molecule has 0 aliphatic carbocycles. The highest BCUT2D eigenvalue weighted by atomic mass is 35.5. The summed E-state index contributed by atoms with van der Waals surface area (Å²) in [4.78, 5) is 25.4. The van der Waals surface area contributed by atoms with Crippen molar-refractivity contribution in [3.05, 3.63) is 70.1 Å². The van der Waals surface area contributed by atoms with Crippen molar-refractivity contribution < 1.29 is 13.9 Å². The van der Waals surface area contributed by atoms with Crippen LogP contribution in [0.15, 0.2) is 42.6 Å². The molecule has 1 N–H and O–H groups in total. The minimum atomic E-state index is -0.807. The maximum atomic E-state index is 14.5. The normalized spacial score (nSPS) is 19.3. The summed E-state index contributed by atoms with van der Waals surface area (Å²) in [5.74, 6) is -0.649. The van der Waals surface area contributed by atoms with Crippen molar-refractivity contribution in [3.8, 4) is 5.88 Å². The molecule has 2 aliphatic heterocycles. The lowest BCUT2D eigenvalue weighted by molar-refractivity contribution is 0.0865. The summed E-state index contributed by atoms with van der Waals surface area (Å²) in [6.45, 7) is 7.99. The van der Waals surface area contributed by atoms with Gasteiger partial charge in [0.1, 0.15) is 17.1 Å². The second kappa shape index (κ2) is 8.21. The minimum absolute atomic E-state index is 0.0310. The van der Waals surface area contributed by atoms with E-state index in [1.54, 1.807) is 6.92 Å². The van der Waals surface area contributed by atoms with Gasteiger partial charge in [-0.15, -0.1) is 0 Å². The average Bonchev–Trinajstić information content (AvgIpc) is 2.74. The predicted octanol–water partition coefficient (Wildman–Crippen LogP) is 5.12. The van der Waals surface area contributed by atoms with Crippen LogP contribution < -0.4 is 15.0 Å². The zero-order valence-corrected chi connectivity index (χ0v) is 20.2. The molecule has 176 valence electrons. The average molecular weight is 482 g/mol. The number of para-hydroxylation sites is 1. The van der Waals surface area contributed by atoms with Crippen LogP contribution in [0, 0.1) is 5.82 Å². The molecule has 1 unspecified atom stereocenters. The number of aromatic nitrogens is 2. The van der Waals surface area contributed by atoms with Crippen LogP contribution in [0.2, 0.25) is 5.02 Å². The Labute approximate surface area is 202 Å². The molecule has 0 spiro atoms. The zero-order valence-electron chi connectivity index (χ0n) is 19.4. The van der Waals surface area contributed by atoms with Crippen molar-refractivity contribution in [2.24, 2.45) is 0 Å². The van der Waals surface area contributed by atoms with Gasteiger partial charge in [0.15, 0.2) is 6.23 Å².